The van der Waals surface area contributed by atoms with Crippen LogP contribution in [0.5, 0.6) is 0 Å². The molecule has 0 radical (unpaired) electrons. The second-order valence-electron chi connectivity index (χ2n) is 5.22. The van der Waals surface area contributed by atoms with Crippen LogP contribution in [0.25, 0.3) is 5.57 Å². The molecule has 4 nitrogen and oxygen atoms in total. The fourth-order valence-electron chi connectivity index (χ4n) is 2.45. The van der Waals surface area contributed by atoms with Crippen molar-refractivity contribution in [2.24, 2.45) is 0 Å². The number of halogens is 4. The monoisotopic (exact) mass is 367 g/mol. The van der Waals surface area contributed by atoms with E-state index in [2.05, 4.69) is 0 Å². The van der Waals surface area contributed by atoms with E-state index in [1.807, 2.05) is 0 Å². The number of carbonyl (C=O) groups excluding carboxylic acids is 2. The van der Waals surface area contributed by atoms with Crippen molar-refractivity contribution in [3.8, 4) is 0 Å². The summed E-state index contributed by atoms with van der Waals surface area (Å²) in [5.41, 5.74) is -1.35. The first kappa shape index (κ1) is 17.0. The Morgan fingerprint density at radius 2 is 1.60 bits per heavy atom. The molecule has 2 aromatic carbocycles. The van der Waals surface area contributed by atoms with E-state index in [-0.39, 0.29) is 16.8 Å². The Balaban J connectivity index is 2.03. The summed E-state index contributed by atoms with van der Waals surface area (Å²) in [4.78, 5) is 25.3. The lowest BCUT2D eigenvalue weighted by molar-refractivity contribution is -0.137. The Kier molecular flexibility index (Phi) is 4.04. The topological polar surface area (TPSA) is 57.6 Å². The van der Waals surface area contributed by atoms with E-state index in [0.717, 1.165) is 12.1 Å². The number of anilines is 1. The van der Waals surface area contributed by atoms with Crippen LogP contribution >= 0.6 is 11.6 Å². The fraction of sp³-hybridized carbons (Fsp3) is 0.0588. The van der Waals surface area contributed by atoms with E-state index in [1.54, 1.807) is 0 Å². The van der Waals surface area contributed by atoms with E-state index >= 15 is 0 Å². The largest absolute Gasteiger partial charge is 0.502 e. The van der Waals surface area contributed by atoms with Crippen molar-refractivity contribution in [3.05, 3.63) is 70.4 Å². The summed E-state index contributed by atoms with van der Waals surface area (Å²) in [5.74, 6) is -2.83. The molecule has 0 fully saturated rings. The molecular formula is C17H9ClF3NO3. The maximum Gasteiger partial charge on any atom is 0.416 e. The van der Waals surface area contributed by atoms with Crippen LogP contribution in [0.1, 0.15) is 11.1 Å². The summed E-state index contributed by atoms with van der Waals surface area (Å²) in [5, 5.41) is 10.4. The first-order valence-electron chi connectivity index (χ1n) is 6.95. The van der Waals surface area contributed by atoms with E-state index in [1.165, 1.54) is 30.3 Å². The summed E-state index contributed by atoms with van der Waals surface area (Å²) >= 11 is 5.76. The van der Waals surface area contributed by atoms with Gasteiger partial charge in [-0.05, 0) is 35.9 Å². The van der Waals surface area contributed by atoms with Crippen LogP contribution in [-0.2, 0) is 15.8 Å². The maximum atomic E-state index is 12.8. The van der Waals surface area contributed by atoms with Gasteiger partial charge in [-0.1, -0.05) is 29.8 Å². The molecule has 2 aromatic rings. The zero-order valence-corrected chi connectivity index (χ0v) is 13.1. The van der Waals surface area contributed by atoms with Crippen LogP contribution in [0, 0.1) is 0 Å². The number of carbonyl (C=O) groups is 2. The van der Waals surface area contributed by atoms with Crippen molar-refractivity contribution in [3.63, 3.8) is 0 Å². The number of aliphatic hydroxyl groups is 1. The van der Waals surface area contributed by atoms with Crippen LogP contribution in [0.15, 0.2) is 54.3 Å². The van der Waals surface area contributed by atoms with Gasteiger partial charge >= 0.3 is 12.1 Å². The molecule has 0 atom stereocenters. The molecule has 3 rings (SSSR count). The van der Waals surface area contributed by atoms with Gasteiger partial charge in [-0.3, -0.25) is 9.59 Å². The fourth-order valence-corrected chi connectivity index (χ4v) is 2.58. The third-order valence-corrected chi connectivity index (χ3v) is 3.88. The van der Waals surface area contributed by atoms with Gasteiger partial charge in [0.15, 0.2) is 5.76 Å². The van der Waals surface area contributed by atoms with Gasteiger partial charge in [0.1, 0.15) is 0 Å². The number of nitrogens with zero attached hydrogens (tertiary/aromatic N) is 1. The second kappa shape index (κ2) is 5.93. The maximum absolute atomic E-state index is 12.8. The van der Waals surface area contributed by atoms with Crippen LogP contribution in [0.4, 0.5) is 18.9 Å². The third kappa shape index (κ3) is 2.98. The number of hydrogen-bond acceptors (Lipinski definition) is 3. The SMILES string of the molecule is O=C1C(O)=C(c2ccc(Cl)cc2)C(=O)N1c1cccc(C(F)(F)F)c1. The lowest BCUT2D eigenvalue weighted by Gasteiger charge is -2.16. The predicted molar refractivity (Wildman–Crippen MR) is 84.9 cm³/mol. The zero-order valence-electron chi connectivity index (χ0n) is 12.3. The zero-order chi connectivity index (χ0) is 18.4. The van der Waals surface area contributed by atoms with Gasteiger partial charge < -0.3 is 5.11 Å². The van der Waals surface area contributed by atoms with Crippen molar-refractivity contribution in [2.45, 2.75) is 6.18 Å². The molecule has 1 N–H and O–H groups in total. The van der Waals surface area contributed by atoms with Crippen LogP contribution in [-0.4, -0.2) is 16.9 Å². The standard InChI is InChI=1S/C17H9ClF3NO3/c18-11-6-4-9(5-7-11)13-14(23)16(25)22(15(13)24)12-3-1-2-10(8-12)17(19,20)21/h1-8,23H. The molecule has 1 aliphatic rings. The third-order valence-electron chi connectivity index (χ3n) is 3.62. The normalized spacial score (nSPS) is 15.3. The molecule has 0 unspecified atom stereocenters. The number of aliphatic hydroxyl groups excluding tert-OH is 1. The molecule has 0 saturated carbocycles. The molecule has 1 heterocycles. The highest BCUT2D eigenvalue weighted by atomic mass is 35.5. The highest BCUT2D eigenvalue weighted by Crippen LogP contribution is 2.35. The summed E-state index contributed by atoms with van der Waals surface area (Å²) in [6.07, 6.45) is -4.63. The second-order valence-corrected chi connectivity index (χ2v) is 5.66. The molecular weight excluding hydrogens is 359 g/mol. The summed E-state index contributed by atoms with van der Waals surface area (Å²) < 4.78 is 38.5. The Bertz CT molecular complexity index is 904. The minimum atomic E-state index is -4.63. The van der Waals surface area contributed by atoms with E-state index in [0.29, 0.717) is 16.0 Å². The minimum absolute atomic E-state index is 0.231. The number of hydrogen-bond donors (Lipinski definition) is 1. The predicted octanol–water partition coefficient (Wildman–Crippen LogP) is 4.20. The number of rotatable bonds is 2. The molecule has 0 aliphatic carbocycles. The molecule has 128 valence electrons. The molecule has 2 amide bonds. The molecule has 25 heavy (non-hydrogen) atoms. The van der Waals surface area contributed by atoms with E-state index < -0.39 is 29.3 Å². The van der Waals surface area contributed by atoms with Gasteiger partial charge in [0.25, 0.3) is 5.91 Å². The van der Waals surface area contributed by atoms with E-state index in [9.17, 15) is 27.9 Å². The smallest absolute Gasteiger partial charge is 0.416 e. The van der Waals surface area contributed by atoms with Crippen LogP contribution in [0.2, 0.25) is 5.02 Å². The van der Waals surface area contributed by atoms with E-state index in [4.69, 9.17) is 11.6 Å². The van der Waals surface area contributed by atoms with Gasteiger partial charge in [-0.25, -0.2) is 4.90 Å². The average molecular weight is 368 g/mol. The Labute approximate surface area is 144 Å². The van der Waals surface area contributed by atoms with Gasteiger partial charge in [0.05, 0.1) is 16.8 Å². The summed E-state index contributed by atoms with van der Waals surface area (Å²) in [6, 6.07) is 9.53. The van der Waals surface area contributed by atoms with Crippen molar-refractivity contribution in [2.75, 3.05) is 4.90 Å². The van der Waals surface area contributed by atoms with Crippen LogP contribution in [0.3, 0.4) is 0 Å². The number of benzene rings is 2. The number of amides is 2. The lowest BCUT2D eigenvalue weighted by Crippen LogP contribution is -2.31. The molecule has 0 aromatic heterocycles. The first-order valence-corrected chi connectivity index (χ1v) is 7.33. The average Bonchev–Trinajstić information content (AvgIpc) is 2.78. The minimum Gasteiger partial charge on any atom is -0.502 e. The highest BCUT2D eigenvalue weighted by molar-refractivity contribution is 6.45. The molecule has 0 saturated heterocycles. The van der Waals surface area contributed by atoms with Crippen molar-refractivity contribution in [1.82, 2.24) is 0 Å². The van der Waals surface area contributed by atoms with Crippen molar-refractivity contribution >= 4 is 34.7 Å². The van der Waals surface area contributed by atoms with Gasteiger partial charge in [-0.15, -0.1) is 0 Å². The Morgan fingerprint density at radius 3 is 2.20 bits per heavy atom. The van der Waals surface area contributed by atoms with Gasteiger partial charge in [0, 0.05) is 5.02 Å². The quantitative estimate of drug-likeness (QED) is 0.809. The first-order chi connectivity index (χ1) is 11.7. The number of imide groups is 1. The van der Waals surface area contributed by atoms with Gasteiger partial charge in [-0.2, -0.15) is 13.2 Å². The van der Waals surface area contributed by atoms with Crippen molar-refractivity contribution < 1.29 is 27.9 Å². The van der Waals surface area contributed by atoms with Gasteiger partial charge in [0.2, 0.25) is 0 Å². The number of alkyl halides is 3. The Hall–Kier alpha value is -2.80. The lowest BCUT2D eigenvalue weighted by atomic mass is 10.1. The summed E-state index contributed by atoms with van der Waals surface area (Å²) in [7, 11) is 0. The summed E-state index contributed by atoms with van der Waals surface area (Å²) in [6.45, 7) is 0. The molecule has 0 spiro atoms. The molecule has 0 bridgehead atoms. The molecule has 1 aliphatic heterocycles. The highest BCUT2D eigenvalue weighted by Gasteiger charge is 2.41. The van der Waals surface area contributed by atoms with Crippen LogP contribution < -0.4 is 4.90 Å². The Morgan fingerprint density at radius 1 is 0.960 bits per heavy atom. The molecule has 8 heteroatoms. The van der Waals surface area contributed by atoms with Crippen molar-refractivity contribution in [1.29, 1.82) is 0 Å².